The van der Waals surface area contributed by atoms with Crippen molar-refractivity contribution >= 4 is 10.0 Å². The number of nitrogens with one attached hydrogen (secondary N) is 1. The van der Waals surface area contributed by atoms with Gasteiger partial charge in [0.2, 0.25) is 10.0 Å². The third kappa shape index (κ3) is 4.19. The summed E-state index contributed by atoms with van der Waals surface area (Å²) in [5, 5.41) is 0. The summed E-state index contributed by atoms with van der Waals surface area (Å²) in [6.45, 7) is 2.44. The van der Waals surface area contributed by atoms with Crippen molar-refractivity contribution in [1.82, 2.24) is 9.62 Å². The molecule has 0 radical (unpaired) electrons. The average molecular weight is 298 g/mol. The number of ether oxygens (including phenoxy) is 1. The lowest BCUT2D eigenvalue weighted by Crippen LogP contribution is -2.36. The zero-order chi connectivity index (χ0) is 14.6. The van der Waals surface area contributed by atoms with Crippen LogP contribution in [-0.4, -0.2) is 46.3 Å². The maximum absolute atomic E-state index is 11.3. The molecule has 20 heavy (non-hydrogen) atoms. The molecule has 0 spiro atoms. The van der Waals surface area contributed by atoms with Gasteiger partial charge in [0, 0.05) is 12.6 Å². The second kappa shape index (κ2) is 6.56. The van der Waals surface area contributed by atoms with Gasteiger partial charge in [0.15, 0.2) is 0 Å². The summed E-state index contributed by atoms with van der Waals surface area (Å²) in [5.41, 5.74) is 1.11. The summed E-state index contributed by atoms with van der Waals surface area (Å²) >= 11 is 0. The highest BCUT2D eigenvalue weighted by Gasteiger charge is 2.24. The van der Waals surface area contributed by atoms with Gasteiger partial charge in [-0.1, -0.05) is 12.1 Å². The van der Waals surface area contributed by atoms with Gasteiger partial charge in [-0.3, -0.25) is 4.90 Å². The number of methoxy groups -OCH3 is 1. The van der Waals surface area contributed by atoms with Crippen molar-refractivity contribution in [3.63, 3.8) is 0 Å². The Morgan fingerprint density at radius 1 is 1.25 bits per heavy atom. The van der Waals surface area contributed by atoms with Gasteiger partial charge in [0.25, 0.3) is 0 Å². The van der Waals surface area contributed by atoms with Crippen LogP contribution < -0.4 is 9.46 Å². The molecule has 0 bridgehead atoms. The Morgan fingerprint density at radius 2 is 1.85 bits per heavy atom. The van der Waals surface area contributed by atoms with Crippen LogP contribution in [0.5, 0.6) is 5.75 Å². The number of rotatable bonds is 6. The summed E-state index contributed by atoms with van der Waals surface area (Å²) in [6.07, 6.45) is 3.54. The van der Waals surface area contributed by atoms with E-state index in [1.54, 1.807) is 7.11 Å². The maximum Gasteiger partial charge on any atom is 0.208 e. The lowest BCUT2D eigenvalue weighted by molar-refractivity contribution is 0.246. The molecular formula is C14H22N2O3S. The van der Waals surface area contributed by atoms with Crippen molar-refractivity contribution in [2.45, 2.75) is 18.9 Å². The minimum absolute atomic E-state index is 0.0816. The number of hydrogen-bond acceptors (Lipinski definition) is 4. The van der Waals surface area contributed by atoms with E-state index in [-0.39, 0.29) is 6.04 Å². The molecule has 5 nitrogen and oxygen atoms in total. The first-order chi connectivity index (χ1) is 9.49. The van der Waals surface area contributed by atoms with Crippen LogP contribution in [0.25, 0.3) is 0 Å². The van der Waals surface area contributed by atoms with Gasteiger partial charge in [-0.25, -0.2) is 13.1 Å². The van der Waals surface area contributed by atoms with E-state index >= 15 is 0 Å². The highest BCUT2D eigenvalue weighted by molar-refractivity contribution is 7.88. The first-order valence-corrected chi connectivity index (χ1v) is 8.71. The Balaban J connectivity index is 2.15. The number of likely N-dealkylation sites (tertiary alicyclic amines) is 1. The predicted octanol–water partition coefficient (Wildman–Crippen LogP) is 1.38. The molecule has 0 amide bonds. The molecule has 1 aromatic carbocycles. The molecule has 1 N–H and O–H groups in total. The molecule has 1 aliphatic rings. The molecule has 1 saturated heterocycles. The molecule has 1 atom stereocenters. The van der Waals surface area contributed by atoms with Crippen molar-refractivity contribution < 1.29 is 13.2 Å². The molecular weight excluding hydrogens is 276 g/mol. The number of nitrogens with zero attached hydrogens (tertiary/aromatic N) is 1. The van der Waals surface area contributed by atoms with Gasteiger partial charge < -0.3 is 4.74 Å². The van der Waals surface area contributed by atoms with Gasteiger partial charge in [-0.05, 0) is 43.6 Å². The second-order valence-electron chi connectivity index (χ2n) is 5.15. The minimum Gasteiger partial charge on any atom is -0.497 e. The molecule has 112 valence electrons. The van der Waals surface area contributed by atoms with E-state index in [0.29, 0.717) is 6.54 Å². The molecule has 0 aromatic heterocycles. The average Bonchev–Trinajstić information content (AvgIpc) is 2.92. The van der Waals surface area contributed by atoms with Crippen LogP contribution in [0.4, 0.5) is 0 Å². The Bertz CT molecular complexity index is 522. The zero-order valence-corrected chi connectivity index (χ0v) is 12.8. The highest BCUT2D eigenvalue weighted by atomic mass is 32.2. The van der Waals surface area contributed by atoms with E-state index in [1.807, 2.05) is 24.3 Å². The molecule has 0 saturated carbocycles. The fourth-order valence-corrected chi connectivity index (χ4v) is 3.03. The van der Waals surface area contributed by atoms with Crippen molar-refractivity contribution in [2.24, 2.45) is 0 Å². The Morgan fingerprint density at radius 3 is 2.35 bits per heavy atom. The molecule has 1 aromatic rings. The van der Waals surface area contributed by atoms with Crippen LogP contribution in [0, 0.1) is 0 Å². The van der Waals surface area contributed by atoms with Gasteiger partial charge in [0.05, 0.1) is 13.4 Å². The van der Waals surface area contributed by atoms with Crippen LogP contribution in [0.2, 0.25) is 0 Å². The molecule has 1 aliphatic heterocycles. The summed E-state index contributed by atoms with van der Waals surface area (Å²) in [6, 6.07) is 7.92. The van der Waals surface area contributed by atoms with Crippen molar-refractivity contribution in [3.05, 3.63) is 29.8 Å². The van der Waals surface area contributed by atoms with Crippen molar-refractivity contribution in [1.29, 1.82) is 0 Å². The van der Waals surface area contributed by atoms with Crippen molar-refractivity contribution in [3.8, 4) is 5.75 Å². The number of hydrogen-bond donors (Lipinski definition) is 1. The van der Waals surface area contributed by atoms with E-state index < -0.39 is 10.0 Å². The molecule has 1 fully saturated rings. The van der Waals surface area contributed by atoms with Crippen LogP contribution >= 0.6 is 0 Å². The SMILES string of the molecule is COc1ccc(C(CNS(C)(=O)=O)N2CCCC2)cc1. The number of sulfonamides is 1. The normalized spacial score (nSPS) is 18.1. The van der Waals surface area contributed by atoms with Crippen LogP contribution in [0.1, 0.15) is 24.4 Å². The Labute approximate surface area is 121 Å². The quantitative estimate of drug-likeness (QED) is 0.862. The fourth-order valence-electron chi connectivity index (χ4n) is 2.57. The summed E-state index contributed by atoms with van der Waals surface area (Å²) < 4.78 is 30.5. The van der Waals surface area contributed by atoms with Gasteiger partial charge in [-0.15, -0.1) is 0 Å². The Hall–Kier alpha value is -1.11. The van der Waals surface area contributed by atoms with Gasteiger partial charge >= 0.3 is 0 Å². The topological polar surface area (TPSA) is 58.6 Å². The second-order valence-corrected chi connectivity index (χ2v) is 6.99. The minimum atomic E-state index is -3.17. The molecule has 6 heteroatoms. The fraction of sp³-hybridized carbons (Fsp3) is 0.571. The number of benzene rings is 1. The third-order valence-corrected chi connectivity index (χ3v) is 4.31. The van der Waals surface area contributed by atoms with E-state index in [0.717, 1.165) is 24.4 Å². The van der Waals surface area contributed by atoms with Gasteiger partial charge in [0.1, 0.15) is 5.75 Å². The van der Waals surface area contributed by atoms with E-state index in [1.165, 1.54) is 19.1 Å². The van der Waals surface area contributed by atoms with E-state index in [2.05, 4.69) is 9.62 Å². The molecule has 0 aliphatic carbocycles. The lowest BCUT2D eigenvalue weighted by Gasteiger charge is -2.28. The van der Waals surface area contributed by atoms with E-state index in [4.69, 9.17) is 4.74 Å². The predicted molar refractivity (Wildman–Crippen MR) is 79.4 cm³/mol. The summed E-state index contributed by atoms with van der Waals surface area (Å²) in [5.74, 6) is 0.810. The lowest BCUT2D eigenvalue weighted by atomic mass is 10.1. The van der Waals surface area contributed by atoms with Crippen LogP contribution in [0.15, 0.2) is 24.3 Å². The zero-order valence-electron chi connectivity index (χ0n) is 12.0. The van der Waals surface area contributed by atoms with Crippen LogP contribution in [0.3, 0.4) is 0 Å². The highest BCUT2D eigenvalue weighted by Crippen LogP contribution is 2.26. The summed E-state index contributed by atoms with van der Waals surface area (Å²) in [7, 11) is -1.53. The largest absolute Gasteiger partial charge is 0.497 e. The first kappa shape index (κ1) is 15.3. The Kier molecular flexibility index (Phi) is 5.01. The first-order valence-electron chi connectivity index (χ1n) is 6.82. The van der Waals surface area contributed by atoms with Gasteiger partial charge in [-0.2, -0.15) is 0 Å². The molecule has 2 rings (SSSR count). The standard InChI is InChI=1S/C14H22N2O3S/c1-19-13-7-5-12(6-8-13)14(11-15-20(2,17)18)16-9-3-4-10-16/h5-8,14-15H,3-4,9-11H2,1-2H3. The van der Waals surface area contributed by atoms with Crippen molar-refractivity contribution in [2.75, 3.05) is 33.0 Å². The van der Waals surface area contributed by atoms with E-state index in [9.17, 15) is 8.42 Å². The molecule has 1 heterocycles. The maximum atomic E-state index is 11.3. The summed E-state index contributed by atoms with van der Waals surface area (Å²) in [4.78, 5) is 2.33. The monoisotopic (exact) mass is 298 g/mol. The smallest absolute Gasteiger partial charge is 0.208 e. The molecule has 1 unspecified atom stereocenters. The third-order valence-electron chi connectivity index (χ3n) is 3.62. The van der Waals surface area contributed by atoms with Crippen LogP contribution in [-0.2, 0) is 10.0 Å².